The van der Waals surface area contributed by atoms with Gasteiger partial charge in [0.15, 0.2) is 0 Å². The maximum absolute atomic E-state index is 3.62. The summed E-state index contributed by atoms with van der Waals surface area (Å²) in [5, 5.41) is 3.62. The minimum atomic E-state index is 0.236. The first-order chi connectivity index (χ1) is 7.94. The maximum atomic E-state index is 3.62. The highest BCUT2D eigenvalue weighted by molar-refractivity contribution is 9.10. The summed E-state index contributed by atoms with van der Waals surface area (Å²) < 4.78 is 1.21. The Labute approximate surface area is 113 Å². The van der Waals surface area contributed by atoms with Crippen molar-refractivity contribution >= 4 is 15.9 Å². The Bertz CT molecular complexity index is 392. The SMILES string of the molecule is CC(C)(C)NCC1CCc2cc(Br)ccc2C1. The third-order valence-corrected chi connectivity index (χ3v) is 3.91. The molecule has 1 aromatic carbocycles. The van der Waals surface area contributed by atoms with E-state index in [9.17, 15) is 0 Å². The standard InChI is InChI=1S/C15H22BrN/c1-15(2,3)17-10-11-4-5-13-9-14(16)7-6-12(13)8-11/h6-7,9,11,17H,4-5,8,10H2,1-3H3. The third-order valence-electron chi connectivity index (χ3n) is 3.42. The molecule has 0 saturated carbocycles. The number of benzene rings is 1. The Morgan fingerprint density at radius 2 is 2.06 bits per heavy atom. The van der Waals surface area contributed by atoms with Gasteiger partial charge < -0.3 is 5.32 Å². The molecule has 0 aliphatic heterocycles. The van der Waals surface area contributed by atoms with E-state index < -0.39 is 0 Å². The van der Waals surface area contributed by atoms with E-state index in [1.807, 2.05) is 0 Å². The normalized spacial score (nSPS) is 20.1. The van der Waals surface area contributed by atoms with Gasteiger partial charge in [-0.3, -0.25) is 0 Å². The Kier molecular flexibility index (Phi) is 3.94. The zero-order chi connectivity index (χ0) is 12.5. The van der Waals surface area contributed by atoms with Gasteiger partial charge in [-0.05, 0) is 75.8 Å². The lowest BCUT2D eigenvalue weighted by Gasteiger charge is -2.29. The topological polar surface area (TPSA) is 12.0 Å². The fourth-order valence-corrected chi connectivity index (χ4v) is 2.83. The van der Waals surface area contributed by atoms with Crippen molar-refractivity contribution in [3.05, 3.63) is 33.8 Å². The second kappa shape index (κ2) is 5.11. The molecule has 0 amide bonds. The van der Waals surface area contributed by atoms with Crippen LogP contribution in [0.3, 0.4) is 0 Å². The summed E-state index contributed by atoms with van der Waals surface area (Å²) in [7, 11) is 0. The van der Waals surface area contributed by atoms with Crippen LogP contribution in [-0.4, -0.2) is 12.1 Å². The zero-order valence-corrected chi connectivity index (χ0v) is 12.6. The molecule has 1 aliphatic rings. The van der Waals surface area contributed by atoms with Gasteiger partial charge >= 0.3 is 0 Å². The van der Waals surface area contributed by atoms with Gasteiger partial charge in [0.25, 0.3) is 0 Å². The molecule has 1 N–H and O–H groups in total. The number of hydrogen-bond acceptors (Lipinski definition) is 1. The Hall–Kier alpha value is -0.340. The fourth-order valence-electron chi connectivity index (χ4n) is 2.42. The lowest BCUT2D eigenvalue weighted by Crippen LogP contribution is -2.40. The molecule has 94 valence electrons. The van der Waals surface area contributed by atoms with Crippen molar-refractivity contribution in [3.63, 3.8) is 0 Å². The van der Waals surface area contributed by atoms with E-state index in [0.29, 0.717) is 0 Å². The molecule has 0 aromatic heterocycles. The molecule has 0 fully saturated rings. The van der Waals surface area contributed by atoms with Crippen LogP contribution in [-0.2, 0) is 12.8 Å². The first-order valence-corrected chi connectivity index (χ1v) is 7.26. The molecule has 1 aromatic rings. The van der Waals surface area contributed by atoms with Crippen molar-refractivity contribution in [2.45, 2.75) is 45.6 Å². The van der Waals surface area contributed by atoms with Crippen molar-refractivity contribution in [1.82, 2.24) is 5.32 Å². The number of fused-ring (bicyclic) bond motifs is 1. The van der Waals surface area contributed by atoms with E-state index in [4.69, 9.17) is 0 Å². The van der Waals surface area contributed by atoms with Crippen molar-refractivity contribution in [3.8, 4) is 0 Å². The van der Waals surface area contributed by atoms with Crippen LogP contribution < -0.4 is 5.32 Å². The van der Waals surface area contributed by atoms with Crippen LogP contribution in [0.4, 0.5) is 0 Å². The van der Waals surface area contributed by atoms with Crippen molar-refractivity contribution in [2.75, 3.05) is 6.54 Å². The summed E-state index contributed by atoms with van der Waals surface area (Å²) in [5.41, 5.74) is 3.31. The predicted molar refractivity (Wildman–Crippen MR) is 77.4 cm³/mol. The molecule has 0 saturated heterocycles. The molecule has 2 rings (SSSR count). The van der Waals surface area contributed by atoms with Gasteiger partial charge in [0.1, 0.15) is 0 Å². The van der Waals surface area contributed by atoms with Crippen molar-refractivity contribution in [2.24, 2.45) is 5.92 Å². The molecule has 0 spiro atoms. The molecule has 1 nitrogen and oxygen atoms in total. The second-order valence-electron chi connectivity index (χ2n) is 6.15. The summed E-state index contributed by atoms with van der Waals surface area (Å²) in [6.45, 7) is 7.85. The molecular formula is C15H22BrN. The lowest BCUT2D eigenvalue weighted by atomic mass is 9.83. The van der Waals surface area contributed by atoms with Crippen LogP contribution in [0.2, 0.25) is 0 Å². The summed E-state index contributed by atoms with van der Waals surface area (Å²) in [6, 6.07) is 6.73. The van der Waals surface area contributed by atoms with Gasteiger partial charge in [-0.2, -0.15) is 0 Å². The van der Waals surface area contributed by atoms with E-state index >= 15 is 0 Å². The van der Waals surface area contributed by atoms with Crippen LogP contribution in [0.15, 0.2) is 22.7 Å². The summed E-state index contributed by atoms with van der Waals surface area (Å²) in [6.07, 6.45) is 3.77. The molecule has 1 atom stereocenters. The highest BCUT2D eigenvalue weighted by Crippen LogP contribution is 2.27. The van der Waals surface area contributed by atoms with Crippen LogP contribution >= 0.6 is 15.9 Å². The molecule has 0 heterocycles. The highest BCUT2D eigenvalue weighted by Gasteiger charge is 2.20. The summed E-state index contributed by atoms with van der Waals surface area (Å²) in [4.78, 5) is 0. The van der Waals surface area contributed by atoms with Crippen LogP contribution in [0.25, 0.3) is 0 Å². The number of nitrogens with one attached hydrogen (secondary N) is 1. The average Bonchev–Trinajstić information content (AvgIpc) is 2.25. The maximum Gasteiger partial charge on any atom is 0.0178 e. The van der Waals surface area contributed by atoms with Crippen LogP contribution in [0.1, 0.15) is 38.3 Å². The minimum absolute atomic E-state index is 0.236. The van der Waals surface area contributed by atoms with E-state index in [1.165, 1.54) is 29.3 Å². The Morgan fingerprint density at radius 1 is 1.29 bits per heavy atom. The number of aryl methyl sites for hydroxylation is 1. The largest absolute Gasteiger partial charge is 0.312 e. The van der Waals surface area contributed by atoms with Gasteiger partial charge in [0.2, 0.25) is 0 Å². The molecular weight excluding hydrogens is 274 g/mol. The van der Waals surface area contributed by atoms with E-state index in [1.54, 1.807) is 5.56 Å². The molecule has 1 aliphatic carbocycles. The monoisotopic (exact) mass is 295 g/mol. The summed E-state index contributed by atoms with van der Waals surface area (Å²) in [5.74, 6) is 0.794. The first-order valence-electron chi connectivity index (χ1n) is 6.46. The van der Waals surface area contributed by atoms with Crippen LogP contribution in [0.5, 0.6) is 0 Å². The Balaban J connectivity index is 1.97. The van der Waals surface area contributed by atoms with Crippen molar-refractivity contribution in [1.29, 1.82) is 0 Å². The lowest BCUT2D eigenvalue weighted by molar-refractivity contribution is 0.349. The van der Waals surface area contributed by atoms with Gasteiger partial charge in [-0.1, -0.05) is 22.0 Å². The van der Waals surface area contributed by atoms with E-state index in [-0.39, 0.29) is 5.54 Å². The highest BCUT2D eigenvalue weighted by atomic mass is 79.9. The molecule has 17 heavy (non-hydrogen) atoms. The third kappa shape index (κ3) is 3.82. The molecule has 0 radical (unpaired) electrons. The number of hydrogen-bond donors (Lipinski definition) is 1. The van der Waals surface area contributed by atoms with Gasteiger partial charge in [0, 0.05) is 10.0 Å². The molecule has 1 unspecified atom stereocenters. The second-order valence-corrected chi connectivity index (χ2v) is 7.07. The van der Waals surface area contributed by atoms with Gasteiger partial charge in [-0.25, -0.2) is 0 Å². The van der Waals surface area contributed by atoms with Gasteiger partial charge in [-0.15, -0.1) is 0 Å². The van der Waals surface area contributed by atoms with E-state index in [2.05, 4.69) is 60.2 Å². The number of halogens is 1. The quantitative estimate of drug-likeness (QED) is 0.871. The van der Waals surface area contributed by atoms with Crippen molar-refractivity contribution < 1.29 is 0 Å². The fraction of sp³-hybridized carbons (Fsp3) is 0.600. The number of rotatable bonds is 2. The van der Waals surface area contributed by atoms with Gasteiger partial charge in [0.05, 0.1) is 0 Å². The Morgan fingerprint density at radius 3 is 2.76 bits per heavy atom. The smallest absolute Gasteiger partial charge is 0.0178 e. The first kappa shape index (κ1) is 13.1. The summed E-state index contributed by atoms with van der Waals surface area (Å²) >= 11 is 3.55. The molecule has 2 heteroatoms. The predicted octanol–water partition coefficient (Wildman–Crippen LogP) is 3.94. The average molecular weight is 296 g/mol. The molecule has 0 bridgehead atoms. The van der Waals surface area contributed by atoms with E-state index in [0.717, 1.165) is 12.5 Å². The zero-order valence-electron chi connectivity index (χ0n) is 11.0. The minimum Gasteiger partial charge on any atom is -0.312 e. The van der Waals surface area contributed by atoms with Crippen LogP contribution in [0, 0.1) is 5.92 Å².